The zero-order valence-corrected chi connectivity index (χ0v) is 22.6. The molecule has 9 heteroatoms. The molecular weight excluding hydrogens is 509 g/mol. The Hall–Kier alpha value is -3.20. The van der Waals surface area contributed by atoms with Crippen LogP contribution in [0.5, 0.6) is 5.75 Å². The summed E-state index contributed by atoms with van der Waals surface area (Å²) in [5.74, 6) is 0.788. The summed E-state index contributed by atoms with van der Waals surface area (Å²) >= 11 is 0. The zero-order chi connectivity index (χ0) is 27.7. The number of carbonyl (C=O) groups is 1. The zero-order valence-electron chi connectivity index (χ0n) is 22.6. The minimum absolute atomic E-state index is 0.364. The summed E-state index contributed by atoms with van der Waals surface area (Å²) in [6, 6.07) is 9.69. The number of alkyl halides is 3. The number of hydrogen-bond donors (Lipinski definition) is 0. The number of halogens is 3. The third kappa shape index (κ3) is 5.73. The first-order valence-corrected chi connectivity index (χ1v) is 13.5. The Morgan fingerprint density at radius 1 is 1.05 bits per heavy atom. The van der Waals surface area contributed by atoms with E-state index in [4.69, 9.17) is 14.2 Å². The molecule has 2 fully saturated rings. The van der Waals surface area contributed by atoms with Crippen LogP contribution >= 0.6 is 0 Å². The second-order valence-electron chi connectivity index (χ2n) is 10.6. The van der Waals surface area contributed by atoms with Crippen molar-refractivity contribution in [3.63, 3.8) is 0 Å². The standard InChI is InChI=1S/C30H35F3N2O4/c1-19-14-22(16-23(15-19)30(31,32)33)28-20(2)35(29(36)39-28)18-21-6-4-5-7-25(21)26-17-24(8-9-27(26)37-3)34-10-12-38-13-11-34/h8-9,14-17,20,28H,4-7,10-13,18H2,1-3H3/t20-,28-/m0/s1. The molecule has 39 heavy (non-hydrogen) atoms. The lowest BCUT2D eigenvalue weighted by Crippen LogP contribution is -2.36. The molecule has 2 aliphatic heterocycles. The van der Waals surface area contributed by atoms with Gasteiger partial charge in [0.2, 0.25) is 0 Å². The highest BCUT2D eigenvalue weighted by Gasteiger charge is 2.41. The van der Waals surface area contributed by atoms with Gasteiger partial charge in [0.1, 0.15) is 11.9 Å². The van der Waals surface area contributed by atoms with Crippen molar-refractivity contribution in [2.45, 2.75) is 57.9 Å². The molecule has 0 saturated carbocycles. The SMILES string of the molecule is COc1ccc(N2CCOCC2)cc1C1=C(CN2C(=O)O[C@H](c3cc(C)cc(C(F)(F)F)c3)[C@@H]2C)CCCC1. The molecule has 210 valence electrons. The lowest BCUT2D eigenvalue weighted by atomic mass is 9.86. The number of amides is 1. The first-order valence-electron chi connectivity index (χ1n) is 13.5. The number of methoxy groups -OCH3 is 1. The van der Waals surface area contributed by atoms with E-state index in [-0.39, 0.29) is 0 Å². The second kappa shape index (κ2) is 11.1. The molecule has 2 aromatic rings. The summed E-state index contributed by atoms with van der Waals surface area (Å²) in [5, 5.41) is 0. The van der Waals surface area contributed by atoms with Gasteiger partial charge in [0.05, 0.1) is 31.9 Å². The molecular formula is C30H35F3N2O4. The molecule has 2 saturated heterocycles. The number of cyclic esters (lactones) is 1. The summed E-state index contributed by atoms with van der Waals surface area (Å²) < 4.78 is 57.3. The molecule has 0 radical (unpaired) electrons. The van der Waals surface area contributed by atoms with Gasteiger partial charge in [0, 0.05) is 30.9 Å². The van der Waals surface area contributed by atoms with Crippen molar-refractivity contribution in [2.75, 3.05) is 44.9 Å². The van der Waals surface area contributed by atoms with Gasteiger partial charge in [-0.25, -0.2) is 4.79 Å². The largest absolute Gasteiger partial charge is 0.496 e. The van der Waals surface area contributed by atoms with Gasteiger partial charge >= 0.3 is 12.3 Å². The van der Waals surface area contributed by atoms with E-state index in [0.29, 0.717) is 30.9 Å². The molecule has 0 spiro atoms. The summed E-state index contributed by atoms with van der Waals surface area (Å²) in [6.07, 6.45) is -1.99. The average molecular weight is 545 g/mol. The highest BCUT2D eigenvalue weighted by molar-refractivity contribution is 5.78. The summed E-state index contributed by atoms with van der Waals surface area (Å²) in [5.41, 5.74) is 4.56. The fourth-order valence-electron chi connectivity index (χ4n) is 5.92. The van der Waals surface area contributed by atoms with Crippen LogP contribution in [0.2, 0.25) is 0 Å². The second-order valence-corrected chi connectivity index (χ2v) is 10.6. The third-order valence-corrected chi connectivity index (χ3v) is 7.98. The number of carbonyl (C=O) groups excluding carboxylic acids is 1. The van der Waals surface area contributed by atoms with E-state index in [0.717, 1.165) is 73.5 Å². The van der Waals surface area contributed by atoms with Crippen LogP contribution in [0.3, 0.4) is 0 Å². The van der Waals surface area contributed by atoms with Crippen LogP contribution < -0.4 is 9.64 Å². The Bertz CT molecular complexity index is 1250. The van der Waals surface area contributed by atoms with Crippen molar-refractivity contribution in [3.8, 4) is 5.75 Å². The first-order chi connectivity index (χ1) is 18.7. The molecule has 1 amide bonds. The van der Waals surface area contributed by atoms with Gasteiger partial charge in [-0.3, -0.25) is 4.90 Å². The van der Waals surface area contributed by atoms with Gasteiger partial charge < -0.3 is 19.1 Å². The monoisotopic (exact) mass is 544 g/mol. The predicted octanol–water partition coefficient (Wildman–Crippen LogP) is 6.77. The minimum Gasteiger partial charge on any atom is -0.496 e. The number of anilines is 1. The quantitative estimate of drug-likeness (QED) is 0.402. The van der Waals surface area contributed by atoms with Crippen molar-refractivity contribution in [1.29, 1.82) is 0 Å². The van der Waals surface area contributed by atoms with E-state index >= 15 is 0 Å². The molecule has 3 aliphatic rings. The number of rotatable bonds is 6. The number of hydrogen-bond acceptors (Lipinski definition) is 5. The number of aryl methyl sites for hydroxylation is 1. The highest BCUT2D eigenvalue weighted by Crippen LogP contribution is 2.42. The van der Waals surface area contributed by atoms with E-state index in [1.807, 2.05) is 13.0 Å². The molecule has 2 heterocycles. The van der Waals surface area contributed by atoms with Gasteiger partial charge in [-0.1, -0.05) is 11.6 Å². The van der Waals surface area contributed by atoms with Crippen molar-refractivity contribution in [1.82, 2.24) is 4.90 Å². The van der Waals surface area contributed by atoms with Crippen LogP contribution in [-0.2, 0) is 15.7 Å². The number of morpholine rings is 1. The van der Waals surface area contributed by atoms with Gasteiger partial charge in [-0.15, -0.1) is 0 Å². The third-order valence-electron chi connectivity index (χ3n) is 7.98. The Kier molecular flexibility index (Phi) is 7.80. The number of nitrogens with zero attached hydrogens (tertiary/aromatic N) is 2. The maximum Gasteiger partial charge on any atom is 0.416 e. The molecule has 2 atom stereocenters. The van der Waals surface area contributed by atoms with Gasteiger partial charge in [-0.05, 0) is 86.6 Å². The smallest absolute Gasteiger partial charge is 0.416 e. The lowest BCUT2D eigenvalue weighted by molar-refractivity contribution is -0.137. The Morgan fingerprint density at radius 3 is 2.51 bits per heavy atom. The van der Waals surface area contributed by atoms with E-state index in [1.54, 1.807) is 25.0 Å². The Morgan fingerprint density at radius 2 is 1.79 bits per heavy atom. The van der Waals surface area contributed by atoms with Gasteiger partial charge in [0.25, 0.3) is 0 Å². The summed E-state index contributed by atoms with van der Waals surface area (Å²) in [6.45, 7) is 6.86. The first kappa shape index (κ1) is 27.4. The van der Waals surface area contributed by atoms with Crippen LogP contribution in [-0.4, -0.2) is 57.0 Å². The van der Waals surface area contributed by atoms with Crippen LogP contribution in [0.25, 0.3) is 5.57 Å². The Balaban J connectivity index is 1.45. The van der Waals surface area contributed by atoms with Crippen molar-refractivity contribution < 1.29 is 32.2 Å². The van der Waals surface area contributed by atoms with Crippen LogP contribution in [0.15, 0.2) is 42.0 Å². The molecule has 2 aromatic carbocycles. The molecule has 5 rings (SSSR count). The predicted molar refractivity (Wildman–Crippen MR) is 143 cm³/mol. The van der Waals surface area contributed by atoms with E-state index in [2.05, 4.69) is 17.0 Å². The van der Waals surface area contributed by atoms with Gasteiger partial charge in [0.15, 0.2) is 0 Å². The molecule has 6 nitrogen and oxygen atoms in total. The number of allylic oxidation sites excluding steroid dienone is 1. The Labute approximate surface area is 227 Å². The minimum atomic E-state index is -4.47. The molecule has 0 bridgehead atoms. The lowest BCUT2D eigenvalue weighted by Gasteiger charge is -2.31. The van der Waals surface area contributed by atoms with Crippen molar-refractivity contribution >= 4 is 17.4 Å². The van der Waals surface area contributed by atoms with E-state index < -0.39 is 30.0 Å². The van der Waals surface area contributed by atoms with Crippen molar-refractivity contribution in [2.24, 2.45) is 0 Å². The molecule has 1 aliphatic carbocycles. The van der Waals surface area contributed by atoms with Crippen molar-refractivity contribution in [3.05, 3.63) is 64.2 Å². The van der Waals surface area contributed by atoms with Crippen LogP contribution in [0.1, 0.15) is 61.0 Å². The number of ether oxygens (including phenoxy) is 3. The van der Waals surface area contributed by atoms with E-state index in [9.17, 15) is 18.0 Å². The maximum atomic E-state index is 13.5. The summed E-state index contributed by atoms with van der Waals surface area (Å²) in [7, 11) is 1.66. The van der Waals surface area contributed by atoms with Crippen LogP contribution in [0, 0.1) is 6.92 Å². The molecule has 0 unspecified atom stereocenters. The maximum absolute atomic E-state index is 13.5. The average Bonchev–Trinajstić information content (AvgIpc) is 3.21. The van der Waals surface area contributed by atoms with E-state index in [1.165, 1.54) is 5.57 Å². The molecule has 0 N–H and O–H groups in total. The fourth-order valence-corrected chi connectivity index (χ4v) is 5.92. The summed E-state index contributed by atoms with van der Waals surface area (Å²) in [4.78, 5) is 17.0. The van der Waals surface area contributed by atoms with Crippen LogP contribution in [0.4, 0.5) is 23.7 Å². The fraction of sp³-hybridized carbons (Fsp3) is 0.500. The van der Waals surface area contributed by atoms with Gasteiger partial charge in [-0.2, -0.15) is 13.2 Å². The normalized spacial score (nSPS) is 22.4. The topological polar surface area (TPSA) is 51.2 Å². The highest BCUT2D eigenvalue weighted by atomic mass is 19.4. The molecule has 0 aromatic heterocycles. The number of benzene rings is 2.